The van der Waals surface area contributed by atoms with Crippen molar-refractivity contribution in [1.82, 2.24) is 15.1 Å². The van der Waals surface area contributed by atoms with E-state index in [0.29, 0.717) is 13.1 Å². The Morgan fingerprint density at radius 1 is 1.00 bits per heavy atom. The Balaban J connectivity index is 1.65. The van der Waals surface area contributed by atoms with Gasteiger partial charge < -0.3 is 25.0 Å². The summed E-state index contributed by atoms with van der Waals surface area (Å²) < 4.78 is 5.58. The van der Waals surface area contributed by atoms with Crippen LogP contribution in [-0.4, -0.2) is 79.3 Å². The average Bonchev–Trinajstić information content (AvgIpc) is 3.16. The van der Waals surface area contributed by atoms with Crippen LogP contribution in [0.15, 0.2) is 48.5 Å². The molecule has 35 heavy (non-hydrogen) atoms. The molecule has 0 fully saturated rings. The average molecular weight is 482 g/mol. The van der Waals surface area contributed by atoms with E-state index in [1.165, 1.54) is 0 Å². The second kappa shape index (κ2) is 12.4. The normalized spacial score (nSPS) is 13.1. The number of carbonyl (C=O) groups is 3. The molecule has 0 aliphatic heterocycles. The maximum Gasteiger partial charge on any atom is 0.407 e. The van der Waals surface area contributed by atoms with Crippen LogP contribution in [0.2, 0.25) is 0 Å². The van der Waals surface area contributed by atoms with Crippen molar-refractivity contribution in [3.05, 3.63) is 59.7 Å². The molecule has 0 spiro atoms. The van der Waals surface area contributed by atoms with Gasteiger partial charge in [0.15, 0.2) is 0 Å². The molecular formula is C27H35N3O5. The van der Waals surface area contributed by atoms with Gasteiger partial charge in [0.1, 0.15) is 12.6 Å². The summed E-state index contributed by atoms with van der Waals surface area (Å²) in [5.41, 5.74) is 4.45. The highest BCUT2D eigenvalue weighted by Crippen LogP contribution is 2.44. The first-order valence-corrected chi connectivity index (χ1v) is 12.1. The predicted octanol–water partition coefficient (Wildman–Crippen LogP) is 3.56. The first kappa shape index (κ1) is 26.2. The zero-order valence-electron chi connectivity index (χ0n) is 20.7. The van der Waals surface area contributed by atoms with Crippen LogP contribution in [0, 0.1) is 0 Å². The van der Waals surface area contributed by atoms with Gasteiger partial charge in [-0.25, -0.2) is 4.79 Å². The molecular weight excluding hydrogens is 446 g/mol. The van der Waals surface area contributed by atoms with Crippen molar-refractivity contribution in [3.8, 4) is 11.1 Å². The number of likely N-dealkylation sites (N-methyl/N-ethyl adjacent to an activating group) is 1. The van der Waals surface area contributed by atoms with Crippen molar-refractivity contribution in [2.75, 3.05) is 40.3 Å². The Bertz CT molecular complexity index is 993. The van der Waals surface area contributed by atoms with E-state index in [-0.39, 0.29) is 31.3 Å². The van der Waals surface area contributed by atoms with Crippen LogP contribution in [0.4, 0.5) is 4.79 Å². The standard InChI is InChI=1S/C27H35N3O5/c1-4-30(17-9-16-29(2)3)26(33)24(14-15-25(31)32)28-27(34)35-18-23-21-12-7-5-10-19(21)20-11-6-8-13-22(20)23/h5-8,10-13,23-24H,4,9,14-18H2,1-3H3,(H,28,34)(H,31,32). The topological polar surface area (TPSA) is 99.2 Å². The second-order valence-corrected chi connectivity index (χ2v) is 9.03. The minimum Gasteiger partial charge on any atom is -0.481 e. The number of carboxylic acid groups (broad SMARTS) is 1. The molecule has 2 aromatic carbocycles. The lowest BCUT2D eigenvalue weighted by molar-refractivity contribution is -0.138. The van der Waals surface area contributed by atoms with E-state index in [9.17, 15) is 14.4 Å². The van der Waals surface area contributed by atoms with Crippen LogP contribution < -0.4 is 5.32 Å². The molecule has 2 aromatic rings. The third-order valence-electron chi connectivity index (χ3n) is 6.31. The van der Waals surface area contributed by atoms with Gasteiger partial charge >= 0.3 is 12.1 Å². The molecule has 0 radical (unpaired) electrons. The maximum atomic E-state index is 13.1. The van der Waals surface area contributed by atoms with Gasteiger partial charge in [-0.05, 0) is 62.7 Å². The van der Waals surface area contributed by atoms with Gasteiger partial charge in [0.05, 0.1) is 0 Å². The molecule has 8 nitrogen and oxygen atoms in total. The Hall–Kier alpha value is -3.39. The molecule has 0 saturated carbocycles. The fourth-order valence-corrected chi connectivity index (χ4v) is 4.53. The van der Waals surface area contributed by atoms with Gasteiger partial charge in [-0.2, -0.15) is 0 Å². The van der Waals surface area contributed by atoms with E-state index >= 15 is 0 Å². The minimum atomic E-state index is -1.02. The van der Waals surface area contributed by atoms with Gasteiger partial charge in [0, 0.05) is 25.4 Å². The molecule has 0 bridgehead atoms. The fraction of sp³-hybridized carbons (Fsp3) is 0.444. The molecule has 0 aromatic heterocycles. The first-order chi connectivity index (χ1) is 16.8. The molecule has 0 heterocycles. The van der Waals surface area contributed by atoms with Crippen molar-refractivity contribution >= 4 is 18.0 Å². The third-order valence-corrected chi connectivity index (χ3v) is 6.31. The van der Waals surface area contributed by atoms with Gasteiger partial charge in [0.25, 0.3) is 0 Å². The Labute approximate surface area is 206 Å². The van der Waals surface area contributed by atoms with Crippen LogP contribution in [-0.2, 0) is 14.3 Å². The zero-order valence-corrected chi connectivity index (χ0v) is 20.7. The fourth-order valence-electron chi connectivity index (χ4n) is 4.53. The van der Waals surface area contributed by atoms with Crippen molar-refractivity contribution in [3.63, 3.8) is 0 Å². The number of carboxylic acids is 1. The number of fused-ring (bicyclic) bond motifs is 3. The molecule has 8 heteroatoms. The summed E-state index contributed by atoms with van der Waals surface area (Å²) in [6.07, 6.45) is -0.166. The van der Waals surface area contributed by atoms with Crippen molar-refractivity contribution < 1.29 is 24.2 Å². The smallest absolute Gasteiger partial charge is 0.407 e. The molecule has 0 saturated heterocycles. The van der Waals surface area contributed by atoms with E-state index < -0.39 is 18.1 Å². The third kappa shape index (κ3) is 6.82. The predicted molar refractivity (Wildman–Crippen MR) is 134 cm³/mol. The monoisotopic (exact) mass is 481 g/mol. The van der Waals surface area contributed by atoms with Crippen LogP contribution in [0.1, 0.15) is 43.2 Å². The number of hydrogen-bond acceptors (Lipinski definition) is 5. The second-order valence-electron chi connectivity index (χ2n) is 9.03. The lowest BCUT2D eigenvalue weighted by Crippen LogP contribution is -2.49. The molecule has 1 aliphatic carbocycles. The lowest BCUT2D eigenvalue weighted by Gasteiger charge is -2.27. The number of alkyl carbamates (subject to hydrolysis) is 1. The Morgan fingerprint density at radius 2 is 1.60 bits per heavy atom. The number of rotatable bonds is 12. The first-order valence-electron chi connectivity index (χ1n) is 12.1. The largest absolute Gasteiger partial charge is 0.481 e. The highest BCUT2D eigenvalue weighted by molar-refractivity contribution is 5.86. The van der Waals surface area contributed by atoms with Crippen LogP contribution >= 0.6 is 0 Å². The Kier molecular flexibility index (Phi) is 9.25. The molecule has 2 N–H and O–H groups in total. The number of nitrogens with zero attached hydrogens (tertiary/aromatic N) is 2. The molecule has 2 amide bonds. The number of aliphatic carboxylic acids is 1. The number of benzene rings is 2. The van der Waals surface area contributed by atoms with Crippen molar-refractivity contribution in [2.24, 2.45) is 0 Å². The van der Waals surface area contributed by atoms with Crippen LogP contribution in [0.3, 0.4) is 0 Å². The maximum absolute atomic E-state index is 13.1. The SMILES string of the molecule is CCN(CCCN(C)C)C(=O)C(CCC(=O)O)NC(=O)OCC1c2ccccc2-c2ccccc21. The molecule has 1 atom stereocenters. The highest BCUT2D eigenvalue weighted by Gasteiger charge is 2.30. The van der Waals surface area contributed by atoms with Crippen molar-refractivity contribution in [1.29, 1.82) is 0 Å². The van der Waals surface area contributed by atoms with Gasteiger partial charge in [-0.1, -0.05) is 48.5 Å². The highest BCUT2D eigenvalue weighted by atomic mass is 16.5. The summed E-state index contributed by atoms with van der Waals surface area (Å²) in [4.78, 5) is 40.7. The summed E-state index contributed by atoms with van der Waals surface area (Å²) in [7, 11) is 3.93. The molecule has 1 unspecified atom stereocenters. The lowest BCUT2D eigenvalue weighted by atomic mass is 9.98. The van der Waals surface area contributed by atoms with Crippen molar-refractivity contribution in [2.45, 2.75) is 38.1 Å². The number of ether oxygens (including phenoxy) is 1. The zero-order chi connectivity index (χ0) is 25.4. The number of carbonyl (C=O) groups excluding carboxylic acids is 2. The number of amides is 2. The summed E-state index contributed by atoms with van der Waals surface area (Å²) in [5.74, 6) is -1.41. The molecule has 188 valence electrons. The summed E-state index contributed by atoms with van der Waals surface area (Å²) in [6, 6.07) is 15.1. The van der Waals surface area contributed by atoms with Gasteiger partial charge in [-0.15, -0.1) is 0 Å². The molecule has 3 rings (SSSR count). The van der Waals surface area contributed by atoms with Gasteiger partial charge in [-0.3, -0.25) is 9.59 Å². The summed E-state index contributed by atoms with van der Waals surface area (Å²) in [5, 5.41) is 11.8. The van der Waals surface area contributed by atoms with E-state index in [2.05, 4.69) is 17.4 Å². The quantitative estimate of drug-likeness (QED) is 0.481. The summed E-state index contributed by atoms with van der Waals surface area (Å²) in [6.45, 7) is 3.82. The number of hydrogen-bond donors (Lipinski definition) is 2. The van der Waals surface area contributed by atoms with E-state index in [1.54, 1.807) is 4.90 Å². The van der Waals surface area contributed by atoms with Crippen LogP contribution in [0.25, 0.3) is 11.1 Å². The molecule has 1 aliphatic rings. The summed E-state index contributed by atoms with van der Waals surface area (Å²) >= 11 is 0. The van der Waals surface area contributed by atoms with Crippen LogP contribution in [0.5, 0.6) is 0 Å². The minimum absolute atomic E-state index is 0.00252. The van der Waals surface area contributed by atoms with E-state index in [0.717, 1.165) is 35.2 Å². The van der Waals surface area contributed by atoms with Gasteiger partial charge in [0.2, 0.25) is 5.91 Å². The van der Waals surface area contributed by atoms with E-state index in [4.69, 9.17) is 9.84 Å². The van der Waals surface area contributed by atoms with E-state index in [1.807, 2.05) is 62.3 Å². The number of nitrogens with one attached hydrogen (secondary N) is 1. The Morgan fingerprint density at radius 3 is 2.14 bits per heavy atom.